The smallest absolute Gasteiger partial charge is 0.225 e. The first-order valence-corrected chi connectivity index (χ1v) is 8.15. The Kier molecular flexibility index (Phi) is 4.88. The first kappa shape index (κ1) is 14.8. The van der Waals surface area contributed by atoms with Crippen LogP contribution in [0, 0.1) is 11.8 Å². The van der Waals surface area contributed by atoms with Crippen molar-refractivity contribution in [3.05, 3.63) is 0 Å². The van der Waals surface area contributed by atoms with Crippen molar-refractivity contribution in [2.75, 3.05) is 13.1 Å². The maximum absolute atomic E-state index is 12.4. The Morgan fingerprint density at radius 1 is 1.21 bits per heavy atom. The largest absolute Gasteiger partial charge is 0.339 e. The number of nitrogens with two attached hydrogens (primary N) is 1. The number of rotatable bonds is 5. The molecular formula is C16H30N2O. The van der Waals surface area contributed by atoms with Crippen molar-refractivity contribution in [2.45, 2.75) is 70.8 Å². The average molecular weight is 266 g/mol. The summed E-state index contributed by atoms with van der Waals surface area (Å²) in [6, 6.07) is 0. The quantitative estimate of drug-likeness (QED) is 0.831. The van der Waals surface area contributed by atoms with E-state index in [0.29, 0.717) is 11.8 Å². The molecule has 0 spiro atoms. The van der Waals surface area contributed by atoms with Crippen molar-refractivity contribution in [3.8, 4) is 0 Å². The molecule has 3 nitrogen and oxygen atoms in total. The normalized spacial score (nSPS) is 29.9. The van der Waals surface area contributed by atoms with Crippen molar-refractivity contribution in [1.29, 1.82) is 0 Å². The van der Waals surface area contributed by atoms with Gasteiger partial charge in [-0.3, -0.25) is 4.79 Å². The number of unbranched alkanes of at least 4 members (excludes halogenated alkanes) is 1. The molecule has 2 N–H and O–H groups in total. The fraction of sp³-hybridized carbons (Fsp3) is 0.938. The lowest BCUT2D eigenvalue weighted by atomic mass is 9.78. The van der Waals surface area contributed by atoms with Gasteiger partial charge in [-0.1, -0.05) is 33.1 Å². The summed E-state index contributed by atoms with van der Waals surface area (Å²) in [5, 5.41) is 0. The van der Waals surface area contributed by atoms with E-state index in [1.54, 1.807) is 0 Å². The standard InChI is InChI=1S/C16H30N2O/c1-3-5-6-13-7-9-14(10-8-13)15(19)18-11-16(17,4-2)12-18/h13-14H,3-12,17H2,1-2H3. The summed E-state index contributed by atoms with van der Waals surface area (Å²) < 4.78 is 0. The first-order chi connectivity index (χ1) is 9.08. The van der Waals surface area contributed by atoms with Gasteiger partial charge >= 0.3 is 0 Å². The minimum atomic E-state index is -0.0893. The second-order valence-electron chi connectivity index (χ2n) is 6.77. The van der Waals surface area contributed by atoms with E-state index in [9.17, 15) is 4.79 Å². The van der Waals surface area contributed by atoms with Gasteiger partial charge in [0.15, 0.2) is 0 Å². The molecule has 0 bridgehead atoms. The summed E-state index contributed by atoms with van der Waals surface area (Å²) in [6.45, 7) is 5.92. The average Bonchev–Trinajstić information content (AvgIpc) is 2.41. The summed E-state index contributed by atoms with van der Waals surface area (Å²) in [7, 11) is 0. The van der Waals surface area contributed by atoms with Gasteiger partial charge < -0.3 is 10.6 Å². The molecule has 1 aliphatic heterocycles. The molecule has 2 rings (SSSR count). The monoisotopic (exact) mass is 266 g/mol. The predicted octanol–water partition coefficient (Wildman–Crippen LogP) is 2.93. The fourth-order valence-electron chi connectivity index (χ4n) is 3.54. The van der Waals surface area contributed by atoms with Crippen molar-refractivity contribution in [3.63, 3.8) is 0 Å². The van der Waals surface area contributed by atoms with Crippen LogP contribution in [-0.4, -0.2) is 29.4 Å². The molecule has 0 unspecified atom stereocenters. The predicted molar refractivity (Wildman–Crippen MR) is 78.8 cm³/mol. The van der Waals surface area contributed by atoms with Crippen LogP contribution < -0.4 is 5.73 Å². The van der Waals surface area contributed by atoms with Crippen LogP contribution in [0.1, 0.15) is 65.2 Å². The van der Waals surface area contributed by atoms with Crippen molar-refractivity contribution < 1.29 is 4.79 Å². The van der Waals surface area contributed by atoms with Crippen molar-refractivity contribution in [2.24, 2.45) is 17.6 Å². The van der Waals surface area contributed by atoms with E-state index in [0.717, 1.165) is 38.3 Å². The minimum absolute atomic E-state index is 0.0893. The highest BCUT2D eigenvalue weighted by Gasteiger charge is 2.42. The van der Waals surface area contributed by atoms with Crippen LogP contribution in [0.5, 0.6) is 0 Å². The molecule has 2 aliphatic rings. The van der Waals surface area contributed by atoms with E-state index in [1.807, 2.05) is 4.90 Å². The van der Waals surface area contributed by atoms with Crippen molar-refractivity contribution in [1.82, 2.24) is 4.90 Å². The molecule has 0 aromatic carbocycles. The topological polar surface area (TPSA) is 46.3 Å². The van der Waals surface area contributed by atoms with E-state index < -0.39 is 0 Å². The van der Waals surface area contributed by atoms with Gasteiger partial charge in [-0.25, -0.2) is 0 Å². The Morgan fingerprint density at radius 3 is 2.37 bits per heavy atom. The van der Waals surface area contributed by atoms with Crippen LogP contribution in [0.15, 0.2) is 0 Å². The SMILES string of the molecule is CCCCC1CCC(C(=O)N2CC(N)(CC)C2)CC1. The second-order valence-corrected chi connectivity index (χ2v) is 6.77. The zero-order valence-electron chi connectivity index (χ0n) is 12.7. The zero-order chi connectivity index (χ0) is 13.9. The van der Waals surface area contributed by atoms with Crippen LogP contribution in [0.4, 0.5) is 0 Å². The lowest BCUT2D eigenvalue weighted by Gasteiger charge is -2.49. The number of carbonyl (C=O) groups is 1. The van der Waals surface area contributed by atoms with Gasteiger partial charge in [-0.05, 0) is 38.0 Å². The minimum Gasteiger partial charge on any atom is -0.339 e. The van der Waals surface area contributed by atoms with Gasteiger partial charge in [0, 0.05) is 19.0 Å². The van der Waals surface area contributed by atoms with Gasteiger partial charge in [0.05, 0.1) is 5.54 Å². The summed E-state index contributed by atoms with van der Waals surface area (Å²) in [6.07, 6.45) is 9.70. The van der Waals surface area contributed by atoms with E-state index in [4.69, 9.17) is 5.73 Å². The highest BCUT2D eigenvalue weighted by molar-refractivity contribution is 5.80. The Balaban J connectivity index is 1.72. The highest BCUT2D eigenvalue weighted by atomic mass is 16.2. The molecule has 1 saturated carbocycles. The van der Waals surface area contributed by atoms with Crippen LogP contribution in [0.2, 0.25) is 0 Å². The third-order valence-electron chi connectivity index (χ3n) is 5.19. The van der Waals surface area contributed by atoms with E-state index in [-0.39, 0.29) is 5.54 Å². The number of hydrogen-bond acceptors (Lipinski definition) is 2. The molecule has 0 atom stereocenters. The zero-order valence-corrected chi connectivity index (χ0v) is 12.7. The second kappa shape index (κ2) is 6.25. The molecule has 0 aromatic rings. The summed E-state index contributed by atoms with van der Waals surface area (Å²) in [5.74, 6) is 1.55. The van der Waals surface area contributed by atoms with Crippen molar-refractivity contribution >= 4 is 5.91 Å². The van der Waals surface area contributed by atoms with E-state index in [1.165, 1.54) is 32.1 Å². The van der Waals surface area contributed by atoms with Crippen LogP contribution in [0.3, 0.4) is 0 Å². The van der Waals surface area contributed by atoms with Crippen LogP contribution in [-0.2, 0) is 4.79 Å². The molecule has 0 aromatic heterocycles. The van der Waals surface area contributed by atoms with Crippen LogP contribution >= 0.6 is 0 Å². The molecule has 19 heavy (non-hydrogen) atoms. The van der Waals surface area contributed by atoms with E-state index in [2.05, 4.69) is 13.8 Å². The van der Waals surface area contributed by atoms with Gasteiger partial charge in [0.1, 0.15) is 0 Å². The highest BCUT2D eigenvalue weighted by Crippen LogP contribution is 2.34. The third-order valence-corrected chi connectivity index (χ3v) is 5.19. The lowest BCUT2D eigenvalue weighted by Crippen LogP contribution is -2.69. The molecule has 3 heteroatoms. The fourth-order valence-corrected chi connectivity index (χ4v) is 3.54. The maximum atomic E-state index is 12.4. The molecule has 2 fully saturated rings. The molecule has 1 aliphatic carbocycles. The summed E-state index contributed by atoms with van der Waals surface area (Å²) >= 11 is 0. The first-order valence-electron chi connectivity index (χ1n) is 8.15. The molecule has 1 amide bonds. The van der Waals surface area contributed by atoms with Gasteiger partial charge in [0.2, 0.25) is 5.91 Å². The Morgan fingerprint density at radius 2 is 1.84 bits per heavy atom. The maximum Gasteiger partial charge on any atom is 0.225 e. The molecular weight excluding hydrogens is 236 g/mol. The number of likely N-dealkylation sites (tertiary alicyclic amines) is 1. The third kappa shape index (κ3) is 3.50. The summed E-state index contributed by atoms with van der Waals surface area (Å²) in [4.78, 5) is 14.4. The van der Waals surface area contributed by atoms with E-state index >= 15 is 0 Å². The number of amides is 1. The van der Waals surface area contributed by atoms with Gasteiger partial charge in [-0.15, -0.1) is 0 Å². The summed E-state index contributed by atoms with van der Waals surface area (Å²) in [5.41, 5.74) is 6.05. The molecule has 110 valence electrons. The Bertz CT molecular complexity index is 302. The number of carbonyl (C=O) groups excluding carboxylic acids is 1. The lowest BCUT2D eigenvalue weighted by molar-refractivity contribution is -0.144. The van der Waals surface area contributed by atoms with Gasteiger partial charge in [0.25, 0.3) is 0 Å². The Hall–Kier alpha value is -0.570. The molecule has 1 saturated heterocycles. The van der Waals surface area contributed by atoms with Gasteiger partial charge in [-0.2, -0.15) is 0 Å². The Labute approximate surface area is 117 Å². The molecule has 0 radical (unpaired) electrons. The number of hydrogen-bond donors (Lipinski definition) is 1. The molecule has 1 heterocycles. The van der Waals surface area contributed by atoms with Crippen LogP contribution in [0.25, 0.3) is 0 Å². The number of nitrogens with zero attached hydrogens (tertiary/aromatic N) is 1.